The van der Waals surface area contributed by atoms with Gasteiger partial charge in [0.15, 0.2) is 0 Å². The molecule has 1 saturated heterocycles. The topological polar surface area (TPSA) is 132 Å². The molecule has 1 aliphatic heterocycles. The van der Waals surface area contributed by atoms with E-state index >= 15 is 0 Å². The Bertz CT molecular complexity index is 1610. The minimum Gasteiger partial charge on any atom is -0.493 e. The van der Waals surface area contributed by atoms with Gasteiger partial charge in [0.2, 0.25) is 11.8 Å². The molecule has 11 heteroatoms. The number of halogens is 1. The van der Waals surface area contributed by atoms with Crippen molar-refractivity contribution in [1.82, 2.24) is 9.97 Å². The number of hydrogen-bond acceptors (Lipinski definition) is 8. The summed E-state index contributed by atoms with van der Waals surface area (Å²) in [5.41, 5.74) is -0.0606. The van der Waals surface area contributed by atoms with Crippen LogP contribution in [0.2, 0.25) is 0 Å². The van der Waals surface area contributed by atoms with Gasteiger partial charge in [0.05, 0.1) is 24.9 Å². The number of aromatic nitrogens is 2. The van der Waals surface area contributed by atoms with Gasteiger partial charge in [-0.3, -0.25) is 14.6 Å². The van der Waals surface area contributed by atoms with E-state index in [1.54, 1.807) is 24.4 Å². The molecule has 0 bridgehead atoms. The van der Waals surface area contributed by atoms with Crippen LogP contribution in [-0.4, -0.2) is 53.3 Å². The first-order valence-electron chi connectivity index (χ1n) is 14.2. The highest BCUT2D eigenvalue weighted by molar-refractivity contribution is 6.16. The second kappa shape index (κ2) is 12.3. The summed E-state index contributed by atoms with van der Waals surface area (Å²) >= 11 is 0. The lowest BCUT2D eigenvalue weighted by Crippen LogP contribution is -2.35. The maximum absolute atomic E-state index is 13.2. The van der Waals surface area contributed by atoms with Gasteiger partial charge in [-0.05, 0) is 79.8 Å². The third-order valence-electron chi connectivity index (χ3n) is 7.90. The van der Waals surface area contributed by atoms with E-state index in [0.29, 0.717) is 73.5 Å². The van der Waals surface area contributed by atoms with E-state index in [0.717, 1.165) is 5.39 Å². The van der Waals surface area contributed by atoms with Gasteiger partial charge in [-0.2, -0.15) is 0 Å². The standard InChI is InChI=1S/C32H31FN4O6/c33-22-1-3-23(4-2-22)36-30(39)32(11-12-32)31(40)37-29-8-6-25(16-35-29)43-28-9-13-34-27-15-24(5-7-26(27)28)42-19-21-18-41-17-20(21)10-14-38/h1-9,13,15-16,20-21,38H,10-12,14,17-19H2,(H,36,39)(H,35,37,40)/t20-,21?/m0/s1. The molecule has 222 valence electrons. The summed E-state index contributed by atoms with van der Waals surface area (Å²) in [7, 11) is 0. The largest absolute Gasteiger partial charge is 0.493 e. The number of nitrogens with zero attached hydrogens (tertiary/aromatic N) is 2. The molecule has 2 aliphatic rings. The van der Waals surface area contributed by atoms with Crippen molar-refractivity contribution in [2.45, 2.75) is 19.3 Å². The first-order valence-corrected chi connectivity index (χ1v) is 14.2. The fraction of sp³-hybridized carbons (Fsp3) is 0.312. The van der Waals surface area contributed by atoms with Crippen LogP contribution >= 0.6 is 0 Å². The molecule has 3 heterocycles. The minimum atomic E-state index is -1.18. The summed E-state index contributed by atoms with van der Waals surface area (Å²) in [5, 5.41) is 15.5. The van der Waals surface area contributed by atoms with E-state index in [2.05, 4.69) is 20.6 Å². The molecule has 2 aromatic carbocycles. The lowest BCUT2D eigenvalue weighted by atomic mass is 9.94. The Morgan fingerprint density at radius 1 is 0.953 bits per heavy atom. The molecule has 1 unspecified atom stereocenters. The fourth-order valence-electron chi connectivity index (χ4n) is 5.14. The molecule has 2 amide bonds. The van der Waals surface area contributed by atoms with Crippen LogP contribution < -0.4 is 20.1 Å². The number of carbonyl (C=O) groups excluding carboxylic acids is 2. The summed E-state index contributed by atoms with van der Waals surface area (Å²) in [6.45, 7) is 1.91. The summed E-state index contributed by atoms with van der Waals surface area (Å²) in [4.78, 5) is 34.5. The fourth-order valence-corrected chi connectivity index (χ4v) is 5.14. The molecule has 3 N–H and O–H groups in total. The van der Waals surface area contributed by atoms with Crippen molar-refractivity contribution in [2.75, 3.05) is 37.1 Å². The molecule has 0 spiro atoms. The van der Waals surface area contributed by atoms with Crippen LogP contribution in [0.5, 0.6) is 17.2 Å². The van der Waals surface area contributed by atoms with Crippen molar-refractivity contribution in [2.24, 2.45) is 17.3 Å². The Kier molecular flexibility index (Phi) is 8.17. The molecule has 1 aliphatic carbocycles. The number of aliphatic hydroxyl groups excluding tert-OH is 1. The first kappa shape index (κ1) is 28.5. The van der Waals surface area contributed by atoms with E-state index in [1.165, 1.54) is 30.5 Å². The minimum absolute atomic E-state index is 0.138. The Labute approximate surface area is 247 Å². The zero-order valence-electron chi connectivity index (χ0n) is 23.3. The van der Waals surface area contributed by atoms with Gasteiger partial charge in [-0.1, -0.05) is 0 Å². The van der Waals surface area contributed by atoms with Crippen LogP contribution in [-0.2, 0) is 14.3 Å². The third kappa shape index (κ3) is 6.42. The Morgan fingerprint density at radius 2 is 1.72 bits per heavy atom. The summed E-state index contributed by atoms with van der Waals surface area (Å²) in [5.74, 6) is 1.24. The van der Waals surface area contributed by atoms with E-state index in [4.69, 9.17) is 14.2 Å². The quantitative estimate of drug-likeness (QED) is 0.211. The maximum atomic E-state index is 13.2. The van der Waals surface area contributed by atoms with Crippen molar-refractivity contribution < 1.29 is 33.3 Å². The second-order valence-corrected chi connectivity index (χ2v) is 10.8. The molecule has 6 rings (SSSR count). The van der Waals surface area contributed by atoms with Gasteiger partial charge < -0.3 is 30.0 Å². The highest BCUT2D eigenvalue weighted by Crippen LogP contribution is 2.47. The number of benzene rings is 2. The number of nitrogens with one attached hydrogen (secondary N) is 2. The molecule has 43 heavy (non-hydrogen) atoms. The molecule has 0 radical (unpaired) electrons. The van der Waals surface area contributed by atoms with Crippen molar-refractivity contribution in [3.05, 3.63) is 78.9 Å². The first-order chi connectivity index (χ1) is 20.9. The number of fused-ring (bicyclic) bond motifs is 1. The monoisotopic (exact) mass is 586 g/mol. The van der Waals surface area contributed by atoms with Gasteiger partial charge in [-0.15, -0.1) is 0 Å². The Hall–Kier alpha value is -4.61. The molecule has 10 nitrogen and oxygen atoms in total. The molecule has 2 atom stereocenters. The van der Waals surface area contributed by atoms with E-state index in [9.17, 15) is 19.1 Å². The Morgan fingerprint density at radius 3 is 2.47 bits per heavy atom. The van der Waals surface area contributed by atoms with Crippen LogP contribution in [0.3, 0.4) is 0 Å². The van der Waals surface area contributed by atoms with Gasteiger partial charge in [0.1, 0.15) is 34.3 Å². The number of amides is 2. The lowest BCUT2D eigenvalue weighted by molar-refractivity contribution is -0.131. The van der Waals surface area contributed by atoms with E-state index < -0.39 is 23.0 Å². The number of ether oxygens (including phenoxy) is 3. The van der Waals surface area contributed by atoms with Crippen LogP contribution in [0.25, 0.3) is 10.9 Å². The summed E-state index contributed by atoms with van der Waals surface area (Å²) < 4.78 is 30.8. The van der Waals surface area contributed by atoms with Crippen molar-refractivity contribution in [1.29, 1.82) is 0 Å². The lowest BCUT2D eigenvalue weighted by Gasteiger charge is -2.17. The van der Waals surface area contributed by atoms with Gasteiger partial charge in [-0.25, -0.2) is 9.37 Å². The SMILES string of the molecule is O=C(Nc1ccc(F)cc1)C1(C(=O)Nc2ccc(Oc3ccnc4cc(OCC5COC[C@@H]5CCO)ccc34)cn2)CC1. The number of hydrogen-bond donors (Lipinski definition) is 3. The molecule has 2 fully saturated rings. The normalized spacial score (nSPS) is 18.7. The van der Waals surface area contributed by atoms with Crippen LogP contribution in [0.4, 0.5) is 15.9 Å². The predicted octanol–water partition coefficient (Wildman–Crippen LogP) is 4.94. The van der Waals surface area contributed by atoms with Crippen LogP contribution in [0, 0.1) is 23.1 Å². The maximum Gasteiger partial charge on any atom is 0.241 e. The van der Waals surface area contributed by atoms with Gasteiger partial charge in [0.25, 0.3) is 0 Å². The van der Waals surface area contributed by atoms with Gasteiger partial charge in [0, 0.05) is 42.5 Å². The number of aliphatic hydroxyl groups is 1. The van der Waals surface area contributed by atoms with Crippen LogP contribution in [0.1, 0.15) is 19.3 Å². The highest BCUT2D eigenvalue weighted by atomic mass is 19.1. The third-order valence-corrected chi connectivity index (χ3v) is 7.90. The predicted molar refractivity (Wildman–Crippen MR) is 156 cm³/mol. The Balaban J connectivity index is 1.06. The molecular weight excluding hydrogens is 555 g/mol. The zero-order chi connectivity index (χ0) is 29.8. The van der Waals surface area contributed by atoms with E-state index in [1.807, 2.05) is 18.2 Å². The molecule has 2 aromatic heterocycles. The average molecular weight is 587 g/mol. The zero-order valence-corrected chi connectivity index (χ0v) is 23.3. The van der Waals surface area contributed by atoms with Crippen LogP contribution in [0.15, 0.2) is 73.1 Å². The number of rotatable bonds is 11. The highest BCUT2D eigenvalue weighted by Gasteiger charge is 2.56. The van der Waals surface area contributed by atoms with Crippen molar-refractivity contribution >= 4 is 34.2 Å². The van der Waals surface area contributed by atoms with E-state index in [-0.39, 0.29) is 18.3 Å². The van der Waals surface area contributed by atoms with Crippen molar-refractivity contribution in [3.63, 3.8) is 0 Å². The smallest absolute Gasteiger partial charge is 0.241 e. The number of carbonyl (C=O) groups is 2. The number of pyridine rings is 2. The van der Waals surface area contributed by atoms with Gasteiger partial charge >= 0.3 is 0 Å². The molecule has 1 saturated carbocycles. The van der Waals surface area contributed by atoms with Crippen molar-refractivity contribution in [3.8, 4) is 17.2 Å². The number of anilines is 2. The molecule has 4 aromatic rings. The summed E-state index contributed by atoms with van der Waals surface area (Å²) in [6.07, 6.45) is 4.66. The second-order valence-electron chi connectivity index (χ2n) is 10.8. The molecular formula is C32H31FN4O6. The average Bonchev–Trinajstić information content (AvgIpc) is 3.72. The summed E-state index contributed by atoms with van der Waals surface area (Å²) in [6, 6.07) is 16.0.